The van der Waals surface area contributed by atoms with Crippen molar-refractivity contribution in [3.8, 4) is 0 Å². The third kappa shape index (κ3) is 2.10. The molecule has 2 heteroatoms. The van der Waals surface area contributed by atoms with E-state index in [-0.39, 0.29) is 11.8 Å². The lowest BCUT2D eigenvalue weighted by atomic mass is 9.72. The first kappa shape index (κ1) is 9.30. The van der Waals surface area contributed by atoms with Crippen LogP contribution in [0.2, 0.25) is 0 Å². The molecule has 1 N–H and O–H groups in total. The van der Waals surface area contributed by atoms with E-state index in [0.29, 0.717) is 0 Å². The zero-order valence-electron chi connectivity index (χ0n) is 7.38. The molecule has 0 aromatic heterocycles. The molecule has 0 heterocycles. The minimum absolute atomic E-state index is 0.0932. The maximum absolute atomic E-state index is 10.6. The Balaban J connectivity index is 2.59. The molecule has 0 aliphatic heterocycles. The Morgan fingerprint density at radius 1 is 1.42 bits per heavy atom. The molecule has 0 aromatic rings. The van der Waals surface area contributed by atoms with Crippen molar-refractivity contribution in [1.29, 1.82) is 0 Å². The van der Waals surface area contributed by atoms with E-state index in [1.165, 1.54) is 6.42 Å². The molecule has 12 heavy (non-hydrogen) atoms. The SMILES string of the molecule is C=CC1(CC(=O)O)CCCCC1. The second-order valence-electron chi connectivity index (χ2n) is 3.70. The number of hydrogen-bond acceptors (Lipinski definition) is 1. The van der Waals surface area contributed by atoms with Crippen LogP contribution in [0, 0.1) is 5.41 Å². The third-order valence-corrected chi connectivity index (χ3v) is 2.79. The van der Waals surface area contributed by atoms with E-state index < -0.39 is 5.97 Å². The fraction of sp³-hybridized carbons (Fsp3) is 0.700. The van der Waals surface area contributed by atoms with Gasteiger partial charge in [0, 0.05) is 0 Å². The quantitative estimate of drug-likeness (QED) is 0.658. The number of allylic oxidation sites excluding steroid dienone is 1. The van der Waals surface area contributed by atoms with Gasteiger partial charge in [0.15, 0.2) is 0 Å². The highest BCUT2D eigenvalue weighted by Gasteiger charge is 2.30. The Bertz CT molecular complexity index is 178. The number of carboxylic acid groups (broad SMARTS) is 1. The maximum atomic E-state index is 10.6. The highest BCUT2D eigenvalue weighted by Crippen LogP contribution is 2.40. The molecule has 0 amide bonds. The fourth-order valence-corrected chi connectivity index (χ4v) is 2.01. The van der Waals surface area contributed by atoms with Crippen molar-refractivity contribution in [2.45, 2.75) is 38.5 Å². The van der Waals surface area contributed by atoms with Crippen molar-refractivity contribution < 1.29 is 9.90 Å². The van der Waals surface area contributed by atoms with Crippen LogP contribution in [0.4, 0.5) is 0 Å². The topological polar surface area (TPSA) is 37.3 Å². The number of carbonyl (C=O) groups is 1. The molecule has 0 unspecified atom stereocenters. The van der Waals surface area contributed by atoms with Crippen molar-refractivity contribution in [3.63, 3.8) is 0 Å². The Morgan fingerprint density at radius 3 is 2.42 bits per heavy atom. The molecule has 0 radical (unpaired) electrons. The smallest absolute Gasteiger partial charge is 0.304 e. The predicted octanol–water partition coefficient (Wildman–Crippen LogP) is 2.60. The monoisotopic (exact) mass is 168 g/mol. The highest BCUT2D eigenvalue weighted by molar-refractivity contribution is 5.68. The maximum Gasteiger partial charge on any atom is 0.304 e. The third-order valence-electron chi connectivity index (χ3n) is 2.79. The van der Waals surface area contributed by atoms with E-state index >= 15 is 0 Å². The molecule has 0 atom stereocenters. The average molecular weight is 168 g/mol. The summed E-state index contributed by atoms with van der Waals surface area (Å²) in [7, 11) is 0. The van der Waals surface area contributed by atoms with Crippen molar-refractivity contribution in [2.75, 3.05) is 0 Å². The molecule has 68 valence electrons. The van der Waals surface area contributed by atoms with Crippen LogP contribution in [0.3, 0.4) is 0 Å². The van der Waals surface area contributed by atoms with Gasteiger partial charge in [-0.15, -0.1) is 6.58 Å². The Hall–Kier alpha value is -0.790. The fourth-order valence-electron chi connectivity index (χ4n) is 2.01. The molecule has 1 saturated carbocycles. The summed E-state index contributed by atoms with van der Waals surface area (Å²) in [6.45, 7) is 3.75. The first-order valence-electron chi connectivity index (χ1n) is 4.54. The Kier molecular flexibility index (Phi) is 2.90. The van der Waals surface area contributed by atoms with Gasteiger partial charge in [0.05, 0.1) is 6.42 Å². The normalized spacial score (nSPS) is 21.7. The van der Waals surface area contributed by atoms with Crippen LogP contribution < -0.4 is 0 Å². The van der Waals surface area contributed by atoms with E-state index in [2.05, 4.69) is 6.58 Å². The van der Waals surface area contributed by atoms with Crippen LogP contribution in [0.5, 0.6) is 0 Å². The lowest BCUT2D eigenvalue weighted by molar-refractivity contribution is -0.139. The summed E-state index contributed by atoms with van der Waals surface area (Å²) in [5.74, 6) is -0.697. The van der Waals surface area contributed by atoms with Crippen molar-refractivity contribution in [3.05, 3.63) is 12.7 Å². The van der Waals surface area contributed by atoms with Gasteiger partial charge >= 0.3 is 5.97 Å². The zero-order valence-corrected chi connectivity index (χ0v) is 7.38. The lowest BCUT2D eigenvalue weighted by Gasteiger charge is -2.32. The van der Waals surface area contributed by atoms with Crippen LogP contribution in [0.15, 0.2) is 12.7 Å². The average Bonchev–Trinajstić information content (AvgIpc) is 2.05. The summed E-state index contributed by atoms with van der Waals surface area (Å²) in [4.78, 5) is 10.6. The first-order valence-corrected chi connectivity index (χ1v) is 4.54. The molecule has 1 aliphatic rings. The van der Waals surface area contributed by atoms with Crippen LogP contribution in [0.25, 0.3) is 0 Å². The minimum atomic E-state index is -0.697. The molecule has 0 spiro atoms. The predicted molar refractivity (Wildman–Crippen MR) is 48.0 cm³/mol. The number of hydrogen-bond donors (Lipinski definition) is 1. The van der Waals surface area contributed by atoms with E-state index in [9.17, 15) is 4.79 Å². The van der Waals surface area contributed by atoms with Crippen molar-refractivity contribution >= 4 is 5.97 Å². The first-order chi connectivity index (χ1) is 5.68. The van der Waals surface area contributed by atoms with Crippen LogP contribution in [0.1, 0.15) is 38.5 Å². The Morgan fingerprint density at radius 2 is 2.00 bits per heavy atom. The van der Waals surface area contributed by atoms with Gasteiger partial charge in [-0.1, -0.05) is 25.3 Å². The molecule has 2 nitrogen and oxygen atoms in total. The second kappa shape index (κ2) is 3.74. The van der Waals surface area contributed by atoms with Crippen LogP contribution in [-0.2, 0) is 4.79 Å². The van der Waals surface area contributed by atoms with E-state index in [0.717, 1.165) is 25.7 Å². The molecule has 0 bridgehead atoms. The molecule has 1 rings (SSSR count). The lowest BCUT2D eigenvalue weighted by Crippen LogP contribution is -2.24. The molecule has 1 fully saturated rings. The molecule has 0 saturated heterocycles. The summed E-state index contributed by atoms with van der Waals surface area (Å²) < 4.78 is 0. The zero-order chi connectivity index (χ0) is 9.03. The van der Waals surface area contributed by atoms with E-state index in [4.69, 9.17) is 5.11 Å². The van der Waals surface area contributed by atoms with Gasteiger partial charge in [0.1, 0.15) is 0 Å². The van der Waals surface area contributed by atoms with Gasteiger partial charge in [-0.3, -0.25) is 4.79 Å². The van der Waals surface area contributed by atoms with Gasteiger partial charge in [-0.2, -0.15) is 0 Å². The highest BCUT2D eigenvalue weighted by atomic mass is 16.4. The van der Waals surface area contributed by atoms with E-state index in [1.807, 2.05) is 6.08 Å². The number of aliphatic carboxylic acids is 1. The van der Waals surface area contributed by atoms with Crippen LogP contribution >= 0.6 is 0 Å². The Labute approximate surface area is 73.3 Å². The van der Waals surface area contributed by atoms with Crippen molar-refractivity contribution in [1.82, 2.24) is 0 Å². The largest absolute Gasteiger partial charge is 0.481 e. The van der Waals surface area contributed by atoms with Gasteiger partial charge in [0.2, 0.25) is 0 Å². The molecule has 1 aliphatic carbocycles. The van der Waals surface area contributed by atoms with E-state index in [1.54, 1.807) is 0 Å². The van der Waals surface area contributed by atoms with Gasteiger partial charge in [0.25, 0.3) is 0 Å². The second-order valence-corrected chi connectivity index (χ2v) is 3.70. The molecular weight excluding hydrogens is 152 g/mol. The molecular formula is C10H16O2. The van der Waals surface area contributed by atoms with Gasteiger partial charge in [-0.25, -0.2) is 0 Å². The molecule has 0 aromatic carbocycles. The summed E-state index contributed by atoms with van der Waals surface area (Å²) in [6.07, 6.45) is 7.66. The summed E-state index contributed by atoms with van der Waals surface area (Å²) >= 11 is 0. The van der Waals surface area contributed by atoms with Gasteiger partial charge in [-0.05, 0) is 18.3 Å². The van der Waals surface area contributed by atoms with Crippen molar-refractivity contribution in [2.24, 2.45) is 5.41 Å². The summed E-state index contributed by atoms with van der Waals surface area (Å²) in [5, 5.41) is 8.71. The van der Waals surface area contributed by atoms with Gasteiger partial charge < -0.3 is 5.11 Å². The van der Waals surface area contributed by atoms with Crippen LogP contribution in [-0.4, -0.2) is 11.1 Å². The number of carboxylic acids is 1. The summed E-state index contributed by atoms with van der Waals surface area (Å²) in [5.41, 5.74) is -0.0932. The number of rotatable bonds is 3. The summed E-state index contributed by atoms with van der Waals surface area (Å²) in [6, 6.07) is 0. The minimum Gasteiger partial charge on any atom is -0.481 e. The standard InChI is InChI=1S/C10H16O2/c1-2-10(8-9(11)12)6-4-3-5-7-10/h2H,1,3-8H2,(H,11,12).